The smallest absolute Gasteiger partial charge is 0.407 e. The molecule has 1 aromatic heterocycles. The molecular weight excluding hydrogens is 338 g/mol. The van der Waals surface area contributed by atoms with Crippen LogP contribution in [0, 0.1) is 6.92 Å². The van der Waals surface area contributed by atoms with Crippen molar-refractivity contribution in [1.82, 2.24) is 15.6 Å². The highest BCUT2D eigenvalue weighted by Gasteiger charge is 2.18. The molecule has 2 amide bonds. The van der Waals surface area contributed by atoms with Crippen LogP contribution in [0.15, 0.2) is 29.8 Å². The van der Waals surface area contributed by atoms with E-state index in [2.05, 4.69) is 15.6 Å². The number of nitrogens with one attached hydrogen (secondary N) is 2. The minimum atomic E-state index is -0.545. The predicted molar refractivity (Wildman–Crippen MR) is 98.9 cm³/mol. The van der Waals surface area contributed by atoms with Gasteiger partial charge in [-0.25, -0.2) is 9.78 Å². The molecule has 1 heterocycles. The van der Waals surface area contributed by atoms with Gasteiger partial charge in [0.25, 0.3) is 5.91 Å². The van der Waals surface area contributed by atoms with Gasteiger partial charge in [-0.3, -0.25) is 4.79 Å². The first kappa shape index (κ1) is 18.9. The van der Waals surface area contributed by atoms with E-state index in [0.717, 1.165) is 16.0 Å². The number of aryl methyl sites for hydroxylation is 1. The van der Waals surface area contributed by atoms with Crippen LogP contribution >= 0.6 is 11.3 Å². The minimum absolute atomic E-state index is 0.259. The van der Waals surface area contributed by atoms with E-state index < -0.39 is 11.7 Å². The maximum absolute atomic E-state index is 12.4. The highest BCUT2D eigenvalue weighted by atomic mass is 32.1. The van der Waals surface area contributed by atoms with Crippen molar-refractivity contribution in [2.24, 2.45) is 0 Å². The average molecular weight is 361 g/mol. The maximum Gasteiger partial charge on any atom is 0.407 e. The largest absolute Gasteiger partial charge is 0.444 e. The zero-order valence-electron chi connectivity index (χ0n) is 14.9. The first-order valence-electron chi connectivity index (χ1n) is 8.02. The molecule has 0 saturated carbocycles. The van der Waals surface area contributed by atoms with Crippen LogP contribution in [0.1, 0.15) is 36.8 Å². The lowest BCUT2D eigenvalue weighted by atomic mass is 10.1. The Morgan fingerprint density at radius 3 is 2.52 bits per heavy atom. The maximum atomic E-state index is 12.4. The monoisotopic (exact) mass is 361 g/mol. The van der Waals surface area contributed by atoms with Gasteiger partial charge >= 0.3 is 6.09 Å². The van der Waals surface area contributed by atoms with Gasteiger partial charge in [0.2, 0.25) is 0 Å². The highest BCUT2D eigenvalue weighted by Crippen LogP contribution is 2.30. The molecular formula is C18H23N3O3S. The molecule has 0 aliphatic carbocycles. The molecule has 0 unspecified atom stereocenters. The third-order valence-corrected chi connectivity index (χ3v) is 4.11. The second kappa shape index (κ2) is 8.11. The second-order valence-corrected chi connectivity index (χ2v) is 7.38. The summed E-state index contributed by atoms with van der Waals surface area (Å²) < 4.78 is 5.13. The fourth-order valence-corrected chi connectivity index (χ4v) is 3.04. The number of amides is 2. The van der Waals surface area contributed by atoms with Crippen LogP contribution in [-0.2, 0) is 4.74 Å². The topological polar surface area (TPSA) is 80.3 Å². The summed E-state index contributed by atoms with van der Waals surface area (Å²) in [6.07, 6.45) is -0.504. The van der Waals surface area contributed by atoms with Crippen molar-refractivity contribution in [3.05, 3.63) is 41.0 Å². The summed E-state index contributed by atoms with van der Waals surface area (Å²) in [5, 5.41) is 5.37. The first-order valence-corrected chi connectivity index (χ1v) is 8.90. The zero-order valence-corrected chi connectivity index (χ0v) is 15.7. The van der Waals surface area contributed by atoms with Gasteiger partial charge < -0.3 is 15.4 Å². The zero-order chi connectivity index (χ0) is 18.4. The van der Waals surface area contributed by atoms with E-state index in [9.17, 15) is 9.59 Å². The minimum Gasteiger partial charge on any atom is -0.444 e. The average Bonchev–Trinajstić information content (AvgIpc) is 2.99. The number of hydrogen-bond acceptors (Lipinski definition) is 5. The number of thiazole rings is 1. The normalized spacial score (nSPS) is 11.0. The number of benzene rings is 1. The summed E-state index contributed by atoms with van der Waals surface area (Å²) in [6.45, 7) is 7.96. The molecule has 134 valence electrons. The number of carbonyl (C=O) groups excluding carboxylic acids is 2. The fourth-order valence-electron chi connectivity index (χ4n) is 2.17. The summed E-state index contributed by atoms with van der Waals surface area (Å²) in [5.74, 6) is -0.259. The third kappa shape index (κ3) is 5.56. The van der Waals surface area contributed by atoms with E-state index in [1.165, 1.54) is 11.3 Å². The molecule has 0 aliphatic rings. The Hall–Kier alpha value is -2.41. The Bertz CT molecular complexity index is 750. The van der Waals surface area contributed by atoms with Gasteiger partial charge in [0.1, 0.15) is 11.3 Å². The molecule has 2 N–H and O–H groups in total. The number of ether oxygens (including phenoxy) is 1. The molecule has 0 spiro atoms. The number of carbonyl (C=O) groups is 2. The van der Waals surface area contributed by atoms with Crippen molar-refractivity contribution in [3.63, 3.8) is 0 Å². The van der Waals surface area contributed by atoms with E-state index >= 15 is 0 Å². The van der Waals surface area contributed by atoms with Crippen molar-refractivity contribution in [2.75, 3.05) is 13.1 Å². The van der Waals surface area contributed by atoms with Crippen LogP contribution in [0.4, 0.5) is 4.79 Å². The van der Waals surface area contributed by atoms with E-state index in [1.807, 2.05) is 31.2 Å². The van der Waals surface area contributed by atoms with Crippen LogP contribution < -0.4 is 10.6 Å². The van der Waals surface area contributed by atoms with Crippen molar-refractivity contribution in [2.45, 2.75) is 33.3 Å². The lowest BCUT2D eigenvalue weighted by Crippen LogP contribution is -2.38. The number of alkyl carbamates (subject to hydrolysis) is 1. The van der Waals surface area contributed by atoms with Gasteiger partial charge in [-0.1, -0.05) is 24.3 Å². The van der Waals surface area contributed by atoms with Gasteiger partial charge in [0.05, 0.1) is 10.4 Å². The van der Waals surface area contributed by atoms with E-state index in [0.29, 0.717) is 12.2 Å². The van der Waals surface area contributed by atoms with Crippen LogP contribution in [0.25, 0.3) is 10.4 Å². The molecule has 6 nitrogen and oxygen atoms in total. The Kier molecular flexibility index (Phi) is 6.14. The van der Waals surface area contributed by atoms with Crippen LogP contribution in [0.3, 0.4) is 0 Å². The molecule has 0 saturated heterocycles. The molecule has 0 radical (unpaired) electrons. The second-order valence-electron chi connectivity index (χ2n) is 6.53. The number of hydrogen-bond donors (Lipinski definition) is 2. The molecule has 7 heteroatoms. The number of rotatable bonds is 5. The highest BCUT2D eigenvalue weighted by molar-refractivity contribution is 7.13. The van der Waals surface area contributed by atoms with Crippen LogP contribution in [-0.4, -0.2) is 35.7 Å². The first-order chi connectivity index (χ1) is 11.8. The molecule has 0 bridgehead atoms. The summed E-state index contributed by atoms with van der Waals surface area (Å²) in [7, 11) is 0. The summed E-state index contributed by atoms with van der Waals surface area (Å²) in [4.78, 5) is 29.0. The number of nitrogens with zero attached hydrogens (tertiary/aromatic N) is 1. The standard InChI is InChI=1S/C18H23N3O3S/c1-12-7-5-6-8-13(12)15-14(21-11-25-15)16(22)19-9-10-20-17(23)24-18(2,3)4/h5-8,11H,9-10H2,1-4H3,(H,19,22)(H,20,23). The summed E-state index contributed by atoms with van der Waals surface area (Å²) >= 11 is 1.43. The summed E-state index contributed by atoms with van der Waals surface area (Å²) in [6, 6.07) is 7.88. The Morgan fingerprint density at radius 1 is 1.16 bits per heavy atom. The van der Waals surface area contributed by atoms with Crippen LogP contribution in [0.2, 0.25) is 0 Å². The molecule has 0 atom stereocenters. The molecule has 2 rings (SSSR count). The van der Waals surface area contributed by atoms with Crippen molar-refractivity contribution >= 4 is 23.3 Å². The van der Waals surface area contributed by atoms with Crippen molar-refractivity contribution in [3.8, 4) is 10.4 Å². The fraction of sp³-hybridized carbons (Fsp3) is 0.389. The third-order valence-electron chi connectivity index (χ3n) is 3.25. The molecule has 0 aliphatic heterocycles. The van der Waals surface area contributed by atoms with Crippen molar-refractivity contribution < 1.29 is 14.3 Å². The predicted octanol–water partition coefficient (Wildman–Crippen LogP) is 3.37. The van der Waals surface area contributed by atoms with E-state index in [1.54, 1.807) is 26.3 Å². The van der Waals surface area contributed by atoms with Crippen LogP contribution in [0.5, 0.6) is 0 Å². The van der Waals surface area contributed by atoms with Gasteiger partial charge in [-0.2, -0.15) is 0 Å². The number of aromatic nitrogens is 1. The molecule has 1 aromatic carbocycles. The van der Waals surface area contributed by atoms with E-state index in [4.69, 9.17) is 4.74 Å². The van der Waals surface area contributed by atoms with Gasteiger partial charge in [0.15, 0.2) is 0 Å². The lowest BCUT2D eigenvalue weighted by Gasteiger charge is -2.19. The quantitative estimate of drug-likeness (QED) is 0.800. The van der Waals surface area contributed by atoms with Gasteiger partial charge in [-0.05, 0) is 38.8 Å². The molecule has 25 heavy (non-hydrogen) atoms. The van der Waals surface area contributed by atoms with Crippen molar-refractivity contribution in [1.29, 1.82) is 0 Å². The molecule has 0 fully saturated rings. The SMILES string of the molecule is Cc1ccccc1-c1scnc1C(=O)NCCNC(=O)OC(C)(C)C. The lowest BCUT2D eigenvalue weighted by molar-refractivity contribution is 0.0526. The summed E-state index contributed by atoms with van der Waals surface area (Å²) in [5.41, 5.74) is 3.61. The molecule has 2 aromatic rings. The Balaban J connectivity index is 1.90. The van der Waals surface area contributed by atoms with Gasteiger partial charge in [0, 0.05) is 13.1 Å². The Morgan fingerprint density at radius 2 is 1.84 bits per heavy atom. The Labute approximate surface area is 151 Å². The van der Waals surface area contributed by atoms with E-state index in [-0.39, 0.29) is 12.5 Å². The van der Waals surface area contributed by atoms with Gasteiger partial charge in [-0.15, -0.1) is 11.3 Å².